The van der Waals surface area contributed by atoms with E-state index in [1.807, 2.05) is 44.2 Å². The van der Waals surface area contributed by atoms with Gasteiger partial charge in [0.05, 0.1) is 11.9 Å². The van der Waals surface area contributed by atoms with Gasteiger partial charge in [0.1, 0.15) is 12.6 Å². The van der Waals surface area contributed by atoms with Crippen molar-refractivity contribution in [3.8, 4) is 0 Å². The van der Waals surface area contributed by atoms with Gasteiger partial charge in [0, 0.05) is 39.6 Å². The molecule has 0 aromatic heterocycles. The fourth-order valence-electron chi connectivity index (χ4n) is 4.29. The third-order valence-corrected chi connectivity index (χ3v) is 8.85. The van der Waals surface area contributed by atoms with Gasteiger partial charge in [-0.2, -0.15) is 0 Å². The zero-order valence-electron chi connectivity index (χ0n) is 23.4. The van der Waals surface area contributed by atoms with Crippen molar-refractivity contribution in [2.24, 2.45) is 0 Å². The second-order valence-electron chi connectivity index (χ2n) is 9.95. The van der Waals surface area contributed by atoms with Gasteiger partial charge in [-0.3, -0.25) is 13.9 Å². The van der Waals surface area contributed by atoms with Crippen LogP contribution in [0.2, 0.25) is 15.1 Å². The summed E-state index contributed by atoms with van der Waals surface area (Å²) in [7, 11) is -3.93. The average Bonchev–Trinajstić information content (AvgIpc) is 2.91. The smallest absolute Gasteiger partial charge is 0.244 e. The molecule has 2 atom stereocenters. The summed E-state index contributed by atoms with van der Waals surface area (Å²) in [6.07, 6.45) is 1.89. The van der Waals surface area contributed by atoms with E-state index in [-0.39, 0.29) is 30.6 Å². The molecule has 41 heavy (non-hydrogen) atoms. The van der Waals surface area contributed by atoms with Crippen LogP contribution in [0.4, 0.5) is 5.69 Å². The maximum atomic E-state index is 14.2. The highest BCUT2D eigenvalue weighted by Gasteiger charge is 2.34. The number of aryl methyl sites for hydroxylation is 1. The molecule has 0 spiro atoms. The highest BCUT2D eigenvalue weighted by Crippen LogP contribution is 2.29. The zero-order valence-corrected chi connectivity index (χ0v) is 26.5. The van der Waals surface area contributed by atoms with Crippen LogP contribution in [0, 0.1) is 6.92 Å². The lowest BCUT2D eigenvalue weighted by Crippen LogP contribution is -2.54. The van der Waals surface area contributed by atoms with Crippen LogP contribution in [0.15, 0.2) is 66.7 Å². The minimum Gasteiger partial charge on any atom is -0.352 e. The van der Waals surface area contributed by atoms with Crippen LogP contribution in [0.3, 0.4) is 0 Å². The molecule has 2 amide bonds. The summed E-state index contributed by atoms with van der Waals surface area (Å²) in [5, 5.41) is 3.95. The second kappa shape index (κ2) is 14.4. The summed E-state index contributed by atoms with van der Waals surface area (Å²) in [6.45, 7) is 4.87. The van der Waals surface area contributed by atoms with Crippen molar-refractivity contribution in [1.82, 2.24) is 10.2 Å². The van der Waals surface area contributed by atoms with Crippen molar-refractivity contribution in [2.75, 3.05) is 17.1 Å². The molecule has 1 N–H and O–H groups in total. The van der Waals surface area contributed by atoms with Gasteiger partial charge in [0.2, 0.25) is 21.8 Å². The van der Waals surface area contributed by atoms with Gasteiger partial charge >= 0.3 is 0 Å². The summed E-state index contributed by atoms with van der Waals surface area (Å²) in [5.74, 6) is -0.976. The normalized spacial score (nSPS) is 12.9. The first-order valence-electron chi connectivity index (χ1n) is 13.1. The number of carbonyl (C=O) groups excluding carboxylic acids is 2. The Bertz CT molecular complexity index is 1470. The van der Waals surface area contributed by atoms with Crippen molar-refractivity contribution in [3.05, 3.63) is 98.5 Å². The summed E-state index contributed by atoms with van der Waals surface area (Å²) in [5.41, 5.74) is 2.16. The van der Waals surface area contributed by atoms with Crippen molar-refractivity contribution in [2.45, 2.75) is 52.2 Å². The molecule has 11 heteroatoms. The number of nitrogens with zero attached hydrogens (tertiary/aromatic N) is 2. The van der Waals surface area contributed by atoms with Gasteiger partial charge in [-0.15, -0.1) is 0 Å². The molecule has 3 aromatic rings. The van der Waals surface area contributed by atoms with E-state index in [1.54, 1.807) is 37.3 Å². The van der Waals surface area contributed by atoms with E-state index in [9.17, 15) is 18.0 Å². The number of carbonyl (C=O) groups is 2. The number of sulfonamides is 1. The van der Waals surface area contributed by atoms with Crippen LogP contribution in [-0.2, 0) is 32.6 Å². The van der Waals surface area contributed by atoms with Gasteiger partial charge in [-0.05, 0) is 55.7 Å². The molecule has 0 aliphatic heterocycles. The maximum Gasteiger partial charge on any atom is 0.244 e. The van der Waals surface area contributed by atoms with Crippen molar-refractivity contribution in [3.63, 3.8) is 0 Å². The number of rotatable bonds is 12. The lowest BCUT2D eigenvalue weighted by atomic mass is 10.0. The number of benzene rings is 3. The van der Waals surface area contributed by atoms with Gasteiger partial charge in [0.15, 0.2) is 0 Å². The molecule has 0 aliphatic rings. The first-order valence-corrected chi connectivity index (χ1v) is 16.1. The molecule has 0 saturated heterocycles. The summed E-state index contributed by atoms with van der Waals surface area (Å²) < 4.78 is 27.0. The molecule has 0 unspecified atom stereocenters. The van der Waals surface area contributed by atoms with E-state index >= 15 is 0 Å². The molecule has 0 heterocycles. The predicted octanol–water partition coefficient (Wildman–Crippen LogP) is 6.28. The molecule has 0 saturated carbocycles. The Labute approximate surface area is 257 Å². The van der Waals surface area contributed by atoms with E-state index < -0.39 is 28.5 Å². The first kappa shape index (κ1) is 32.7. The number of nitrogens with one attached hydrogen (secondary N) is 1. The van der Waals surface area contributed by atoms with Gasteiger partial charge in [-0.1, -0.05) is 84.2 Å². The van der Waals surface area contributed by atoms with E-state index in [0.29, 0.717) is 32.6 Å². The first-order chi connectivity index (χ1) is 19.3. The Balaban J connectivity index is 2.13. The number of hydrogen-bond acceptors (Lipinski definition) is 4. The Morgan fingerprint density at radius 3 is 2.17 bits per heavy atom. The van der Waals surface area contributed by atoms with E-state index in [4.69, 9.17) is 34.8 Å². The minimum absolute atomic E-state index is 0.116. The minimum atomic E-state index is -3.93. The standard InChI is InChI=1S/C30H34Cl3N3O4S/c1-5-21(3)34-30(38)28(16-22-10-7-6-8-11-22)35(18-24-25(32)12-9-13-26(24)33)29(37)19-36(41(4,39)40)27-17-23(31)15-14-20(27)2/h6-15,17,21,28H,5,16,18-19H2,1-4H3,(H,34,38)/t21-,28+/m1/s1. The fourth-order valence-corrected chi connectivity index (χ4v) is 5.88. The molecular weight excluding hydrogens is 605 g/mol. The van der Waals surface area contributed by atoms with Crippen LogP contribution in [0.5, 0.6) is 0 Å². The van der Waals surface area contributed by atoms with E-state index in [1.165, 1.54) is 11.0 Å². The average molecular weight is 639 g/mol. The number of halogens is 3. The van der Waals surface area contributed by atoms with Crippen molar-refractivity contribution in [1.29, 1.82) is 0 Å². The molecule has 3 rings (SSSR count). The quantitative estimate of drug-likeness (QED) is 0.253. The SMILES string of the molecule is CC[C@@H](C)NC(=O)[C@H](Cc1ccccc1)N(Cc1c(Cl)cccc1Cl)C(=O)CN(c1cc(Cl)ccc1C)S(C)(=O)=O. The van der Waals surface area contributed by atoms with Crippen LogP contribution in [-0.4, -0.2) is 50.0 Å². The van der Waals surface area contributed by atoms with Crippen LogP contribution in [0.25, 0.3) is 0 Å². The molecule has 0 aliphatic carbocycles. The van der Waals surface area contributed by atoms with Crippen molar-refractivity contribution < 1.29 is 18.0 Å². The Morgan fingerprint density at radius 2 is 1.59 bits per heavy atom. The molecule has 0 radical (unpaired) electrons. The van der Waals surface area contributed by atoms with Crippen LogP contribution < -0.4 is 9.62 Å². The Morgan fingerprint density at radius 1 is 0.951 bits per heavy atom. The van der Waals surface area contributed by atoms with Gasteiger partial charge < -0.3 is 10.2 Å². The molecule has 0 bridgehead atoms. The highest BCUT2D eigenvalue weighted by atomic mass is 35.5. The lowest BCUT2D eigenvalue weighted by molar-refractivity contribution is -0.140. The van der Waals surface area contributed by atoms with Crippen LogP contribution in [0.1, 0.15) is 37.0 Å². The summed E-state index contributed by atoms with van der Waals surface area (Å²) >= 11 is 19.2. The third-order valence-electron chi connectivity index (χ3n) is 6.78. The molecule has 0 fully saturated rings. The predicted molar refractivity (Wildman–Crippen MR) is 167 cm³/mol. The second-order valence-corrected chi connectivity index (χ2v) is 13.1. The van der Waals surface area contributed by atoms with Crippen LogP contribution >= 0.6 is 34.8 Å². The summed E-state index contributed by atoms with van der Waals surface area (Å²) in [6, 6.07) is 18.0. The lowest BCUT2D eigenvalue weighted by Gasteiger charge is -2.34. The molecule has 220 valence electrons. The van der Waals surface area contributed by atoms with Gasteiger partial charge in [0.25, 0.3) is 0 Å². The molecule has 7 nitrogen and oxygen atoms in total. The van der Waals surface area contributed by atoms with Crippen molar-refractivity contribution >= 4 is 62.3 Å². The Kier molecular flexibility index (Phi) is 11.5. The third kappa shape index (κ3) is 8.85. The largest absolute Gasteiger partial charge is 0.352 e. The number of anilines is 1. The maximum absolute atomic E-state index is 14.2. The van der Waals surface area contributed by atoms with E-state index in [0.717, 1.165) is 16.1 Å². The topological polar surface area (TPSA) is 86.8 Å². The number of amides is 2. The summed E-state index contributed by atoms with van der Waals surface area (Å²) in [4.78, 5) is 29.3. The Hall–Kier alpha value is -2.78. The van der Waals surface area contributed by atoms with Gasteiger partial charge in [-0.25, -0.2) is 8.42 Å². The molecule has 3 aromatic carbocycles. The highest BCUT2D eigenvalue weighted by molar-refractivity contribution is 7.92. The monoisotopic (exact) mass is 637 g/mol. The fraction of sp³-hybridized carbons (Fsp3) is 0.333. The molecular formula is C30H34Cl3N3O4S. The number of hydrogen-bond donors (Lipinski definition) is 1. The van der Waals surface area contributed by atoms with E-state index in [2.05, 4.69) is 5.32 Å². The zero-order chi connectivity index (χ0) is 30.3.